The van der Waals surface area contributed by atoms with Crippen molar-refractivity contribution in [2.24, 2.45) is 0 Å². The molecule has 1 saturated carbocycles. The first kappa shape index (κ1) is 19.0. The summed E-state index contributed by atoms with van der Waals surface area (Å²) in [5.41, 5.74) is 0.882. The predicted molar refractivity (Wildman–Crippen MR) is 105 cm³/mol. The van der Waals surface area contributed by atoms with Crippen LogP contribution >= 0.6 is 0 Å². The average molecular weight is 367 g/mol. The molecule has 3 rings (SSSR count). The summed E-state index contributed by atoms with van der Waals surface area (Å²) in [5, 5.41) is 5.05. The van der Waals surface area contributed by atoms with Crippen molar-refractivity contribution in [3.63, 3.8) is 0 Å². The molecule has 5 nitrogen and oxygen atoms in total. The molecule has 1 aliphatic rings. The van der Waals surface area contributed by atoms with E-state index in [9.17, 15) is 9.59 Å². The third-order valence-corrected chi connectivity index (χ3v) is 4.85. The van der Waals surface area contributed by atoms with Gasteiger partial charge in [0.25, 0.3) is 5.91 Å². The molecule has 0 aliphatic heterocycles. The monoisotopic (exact) mass is 367 g/mol. The van der Waals surface area contributed by atoms with Crippen molar-refractivity contribution in [2.75, 3.05) is 7.11 Å². The molecule has 2 aromatic rings. The molecule has 0 spiro atoms. The van der Waals surface area contributed by atoms with Crippen LogP contribution in [-0.4, -0.2) is 31.1 Å². The fourth-order valence-electron chi connectivity index (χ4n) is 3.29. The van der Waals surface area contributed by atoms with E-state index in [-0.39, 0.29) is 11.9 Å². The van der Waals surface area contributed by atoms with Crippen LogP contribution in [0.1, 0.15) is 38.2 Å². The Morgan fingerprint density at radius 2 is 1.81 bits per heavy atom. The van der Waals surface area contributed by atoms with Crippen LogP contribution in [0.3, 0.4) is 0 Å². The van der Waals surface area contributed by atoms with Crippen molar-refractivity contribution in [3.05, 3.63) is 48.0 Å². The molecular weight excluding hydrogens is 342 g/mol. The molecule has 1 N–H and O–H groups in total. The molecule has 0 heterocycles. The van der Waals surface area contributed by atoms with Gasteiger partial charge in [0.2, 0.25) is 0 Å². The fourth-order valence-corrected chi connectivity index (χ4v) is 3.29. The Labute approximate surface area is 159 Å². The molecular formula is C22H25NO4. The van der Waals surface area contributed by atoms with E-state index in [4.69, 9.17) is 9.47 Å². The lowest BCUT2D eigenvalue weighted by Crippen LogP contribution is -2.40. The summed E-state index contributed by atoms with van der Waals surface area (Å²) in [7, 11) is 1.64. The lowest BCUT2D eigenvalue weighted by Gasteiger charge is -2.16. The van der Waals surface area contributed by atoms with Gasteiger partial charge in [-0.15, -0.1) is 0 Å². The zero-order valence-electron chi connectivity index (χ0n) is 15.7. The molecule has 0 bridgehead atoms. The molecule has 2 aromatic carbocycles. The number of rotatable bonds is 6. The number of esters is 1. The summed E-state index contributed by atoms with van der Waals surface area (Å²) in [6, 6.07) is 11.9. The van der Waals surface area contributed by atoms with Gasteiger partial charge in [0.15, 0.2) is 6.10 Å². The second kappa shape index (κ2) is 8.71. The van der Waals surface area contributed by atoms with Gasteiger partial charge in [0, 0.05) is 12.1 Å². The van der Waals surface area contributed by atoms with Gasteiger partial charge in [0.05, 0.1) is 7.11 Å². The summed E-state index contributed by atoms with van der Waals surface area (Å²) < 4.78 is 10.4. The topological polar surface area (TPSA) is 64.6 Å². The first-order valence-electron chi connectivity index (χ1n) is 9.32. The molecule has 1 amide bonds. The molecule has 0 aromatic heterocycles. The van der Waals surface area contributed by atoms with Crippen molar-refractivity contribution >= 4 is 28.7 Å². The van der Waals surface area contributed by atoms with Crippen LogP contribution in [0.25, 0.3) is 16.8 Å². The minimum Gasteiger partial charge on any atom is -0.497 e. The zero-order valence-corrected chi connectivity index (χ0v) is 15.7. The first-order chi connectivity index (χ1) is 13.0. The van der Waals surface area contributed by atoms with Crippen molar-refractivity contribution in [3.8, 4) is 5.75 Å². The number of benzene rings is 2. The second-order valence-corrected chi connectivity index (χ2v) is 6.87. The largest absolute Gasteiger partial charge is 0.497 e. The van der Waals surface area contributed by atoms with Gasteiger partial charge < -0.3 is 14.8 Å². The highest BCUT2D eigenvalue weighted by atomic mass is 16.5. The Kier molecular flexibility index (Phi) is 6.12. The van der Waals surface area contributed by atoms with Crippen LogP contribution in [0.2, 0.25) is 0 Å². The number of ether oxygens (including phenoxy) is 2. The number of hydrogen-bond acceptors (Lipinski definition) is 4. The standard InChI is InChI=1S/C22H25NO4/c1-15(22(25)23-19-5-3-4-6-19)27-21(24)12-8-16-7-9-18-14-20(26-2)11-10-17(18)13-16/h7-15,19H,3-6H2,1-2H3,(H,23,25)/b12-8+/t15-/m1/s1. The highest BCUT2D eigenvalue weighted by Crippen LogP contribution is 2.22. The van der Waals surface area contributed by atoms with E-state index in [1.165, 1.54) is 6.08 Å². The quantitative estimate of drug-likeness (QED) is 0.622. The van der Waals surface area contributed by atoms with Gasteiger partial charge >= 0.3 is 5.97 Å². The van der Waals surface area contributed by atoms with Crippen LogP contribution in [0.5, 0.6) is 5.75 Å². The lowest BCUT2D eigenvalue weighted by molar-refractivity contribution is -0.150. The van der Waals surface area contributed by atoms with Gasteiger partial charge in [-0.25, -0.2) is 4.79 Å². The SMILES string of the molecule is COc1ccc2cc(/C=C/C(=O)O[C@H](C)C(=O)NC3CCCC3)ccc2c1. The molecule has 1 fully saturated rings. The number of carbonyl (C=O) groups excluding carboxylic acids is 2. The number of hydrogen-bond donors (Lipinski definition) is 1. The van der Waals surface area contributed by atoms with Crippen molar-refractivity contribution in [1.82, 2.24) is 5.32 Å². The van der Waals surface area contributed by atoms with Gasteiger partial charge in [-0.3, -0.25) is 4.79 Å². The highest BCUT2D eigenvalue weighted by Gasteiger charge is 2.22. The van der Waals surface area contributed by atoms with E-state index in [0.29, 0.717) is 0 Å². The van der Waals surface area contributed by atoms with Crippen molar-refractivity contribution < 1.29 is 19.1 Å². The normalized spacial score (nSPS) is 15.8. The maximum Gasteiger partial charge on any atom is 0.331 e. The minimum atomic E-state index is -0.799. The summed E-state index contributed by atoms with van der Waals surface area (Å²) in [5.74, 6) is 0.0430. The van der Waals surface area contributed by atoms with Gasteiger partial charge in [0.1, 0.15) is 5.75 Å². The molecule has 142 valence electrons. The van der Waals surface area contributed by atoms with Gasteiger partial charge in [-0.2, -0.15) is 0 Å². The number of amides is 1. The molecule has 0 unspecified atom stereocenters. The maximum absolute atomic E-state index is 12.1. The van der Waals surface area contributed by atoms with Crippen molar-refractivity contribution in [2.45, 2.75) is 44.8 Å². The van der Waals surface area contributed by atoms with E-state index in [1.54, 1.807) is 20.1 Å². The Hall–Kier alpha value is -2.82. The van der Waals surface area contributed by atoms with E-state index >= 15 is 0 Å². The molecule has 1 atom stereocenters. The Morgan fingerprint density at radius 3 is 2.56 bits per heavy atom. The molecule has 5 heteroatoms. The van der Waals surface area contributed by atoms with Crippen LogP contribution < -0.4 is 10.1 Å². The number of methoxy groups -OCH3 is 1. The summed E-state index contributed by atoms with van der Waals surface area (Å²) >= 11 is 0. The van der Waals surface area contributed by atoms with E-state index in [2.05, 4.69) is 5.32 Å². The number of fused-ring (bicyclic) bond motifs is 1. The Morgan fingerprint density at radius 1 is 1.11 bits per heavy atom. The second-order valence-electron chi connectivity index (χ2n) is 6.87. The number of nitrogens with one attached hydrogen (secondary N) is 1. The maximum atomic E-state index is 12.1. The lowest BCUT2D eigenvalue weighted by atomic mass is 10.1. The number of carbonyl (C=O) groups is 2. The highest BCUT2D eigenvalue weighted by molar-refractivity contribution is 5.92. The Bertz CT molecular complexity index is 853. The molecule has 0 radical (unpaired) electrons. The van der Waals surface area contributed by atoms with Crippen LogP contribution in [-0.2, 0) is 14.3 Å². The average Bonchev–Trinajstić information content (AvgIpc) is 3.18. The third-order valence-electron chi connectivity index (χ3n) is 4.85. The van der Waals surface area contributed by atoms with Crippen LogP contribution in [0, 0.1) is 0 Å². The van der Waals surface area contributed by atoms with Gasteiger partial charge in [-0.1, -0.05) is 31.0 Å². The predicted octanol–water partition coefficient (Wildman–Crippen LogP) is 3.85. The Balaban J connectivity index is 1.57. The molecule has 27 heavy (non-hydrogen) atoms. The zero-order chi connectivity index (χ0) is 19.2. The fraction of sp³-hybridized carbons (Fsp3) is 0.364. The minimum absolute atomic E-state index is 0.213. The van der Waals surface area contributed by atoms with E-state index < -0.39 is 12.1 Å². The summed E-state index contributed by atoms with van der Waals surface area (Å²) in [4.78, 5) is 24.1. The summed E-state index contributed by atoms with van der Waals surface area (Å²) in [6.45, 7) is 1.60. The van der Waals surface area contributed by atoms with Crippen LogP contribution in [0.4, 0.5) is 0 Å². The van der Waals surface area contributed by atoms with Gasteiger partial charge in [-0.05, 0) is 60.4 Å². The van der Waals surface area contributed by atoms with Crippen molar-refractivity contribution in [1.29, 1.82) is 0 Å². The molecule has 1 aliphatic carbocycles. The molecule has 0 saturated heterocycles. The smallest absolute Gasteiger partial charge is 0.331 e. The van der Waals surface area contributed by atoms with Crippen LogP contribution in [0.15, 0.2) is 42.5 Å². The first-order valence-corrected chi connectivity index (χ1v) is 9.32. The van der Waals surface area contributed by atoms with E-state index in [1.807, 2.05) is 36.4 Å². The van der Waals surface area contributed by atoms with E-state index in [0.717, 1.165) is 47.8 Å². The third kappa shape index (κ3) is 5.09. The summed E-state index contributed by atoms with van der Waals surface area (Å²) in [6.07, 6.45) is 6.52.